The van der Waals surface area contributed by atoms with E-state index in [9.17, 15) is 4.79 Å². The van der Waals surface area contributed by atoms with Crippen molar-refractivity contribution in [3.05, 3.63) is 107 Å². The summed E-state index contributed by atoms with van der Waals surface area (Å²) >= 11 is 0. The lowest BCUT2D eigenvalue weighted by Gasteiger charge is -2.39. The minimum absolute atomic E-state index is 0.124. The van der Waals surface area contributed by atoms with Crippen molar-refractivity contribution in [3.8, 4) is 11.4 Å². The van der Waals surface area contributed by atoms with E-state index in [2.05, 4.69) is 77.1 Å². The van der Waals surface area contributed by atoms with Crippen LogP contribution in [0.5, 0.6) is 0 Å². The lowest BCUT2D eigenvalue weighted by Crippen LogP contribution is -2.47. The molecule has 1 fully saturated rings. The third kappa shape index (κ3) is 8.88. The quantitative estimate of drug-likeness (QED) is 0.138. The Kier molecular flexibility index (Phi) is 11.4. The van der Waals surface area contributed by atoms with E-state index in [0.717, 1.165) is 61.2 Å². The minimum Gasteiger partial charge on any atom is -0.339 e. The second-order valence-corrected chi connectivity index (χ2v) is 12.7. The van der Waals surface area contributed by atoms with E-state index in [0.29, 0.717) is 30.6 Å². The topological polar surface area (TPSA) is 62.5 Å². The number of hydrogen-bond acceptors (Lipinski definition) is 5. The van der Waals surface area contributed by atoms with Crippen LogP contribution in [-0.2, 0) is 19.4 Å². The molecular weight excluding hydrogens is 544 g/mol. The number of benzene rings is 3. The maximum absolute atomic E-state index is 14.0. The van der Waals surface area contributed by atoms with Gasteiger partial charge in [0.05, 0.1) is 6.42 Å². The van der Waals surface area contributed by atoms with Gasteiger partial charge in [0.2, 0.25) is 11.7 Å². The molecule has 0 bridgehead atoms. The van der Waals surface area contributed by atoms with Gasteiger partial charge in [-0.25, -0.2) is 0 Å². The zero-order chi connectivity index (χ0) is 30.7. The van der Waals surface area contributed by atoms with Crippen molar-refractivity contribution in [3.63, 3.8) is 0 Å². The molecule has 6 nitrogen and oxygen atoms in total. The standard InChI is InChI=1S/C38H48N4O2/c1-4-5-7-10-30-13-19-34(20-14-30)38(43)42(35-22-25-41(26-23-35)24-21-29(2)3)28-32-15-17-33(18-16-32)37-39-36(44-40-37)27-31-11-8-6-9-12-31/h6,8-9,11-20,29,35H,4-5,7,10,21-28H2,1-3H3. The van der Waals surface area contributed by atoms with Gasteiger partial charge in [-0.1, -0.05) is 105 Å². The second kappa shape index (κ2) is 15.8. The van der Waals surface area contributed by atoms with E-state index in [1.165, 1.54) is 31.2 Å². The lowest BCUT2D eigenvalue weighted by atomic mass is 9.99. The van der Waals surface area contributed by atoms with Gasteiger partial charge in [0.1, 0.15) is 0 Å². The maximum atomic E-state index is 14.0. The van der Waals surface area contributed by atoms with Crippen molar-refractivity contribution in [1.29, 1.82) is 0 Å². The number of rotatable bonds is 14. The highest BCUT2D eigenvalue weighted by molar-refractivity contribution is 5.94. The summed E-state index contributed by atoms with van der Waals surface area (Å²) in [4.78, 5) is 23.3. The molecule has 1 amide bonds. The van der Waals surface area contributed by atoms with Crippen molar-refractivity contribution in [2.75, 3.05) is 19.6 Å². The summed E-state index contributed by atoms with van der Waals surface area (Å²) in [6.45, 7) is 10.6. The summed E-state index contributed by atoms with van der Waals surface area (Å²) in [6.07, 6.45) is 8.56. The number of carbonyl (C=O) groups excluding carboxylic acids is 1. The van der Waals surface area contributed by atoms with Crippen LogP contribution in [0.15, 0.2) is 83.4 Å². The maximum Gasteiger partial charge on any atom is 0.254 e. The van der Waals surface area contributed by atoms with Gasteiger partial charge < -0.3 is 14.3 Å². The fraction of sp³-hybridized carbons (Fsp3) is 0.447. The monoisotopic (exact) mass is 592 g/mol. The molecule has 1 aliphatic rings. The molecule has 44 heavy (non-hydrogen) atoms. The zero-order valence-corrected chi connectivity index (χ0v) is 26.8. The Balaban J connectivity index is 1.28. The van der Waals surface area contributed by atoms with Crippen LogP contribution in [-0.4, -0.2) is 51.5 Å². The molecule has 2 heterocycles. The van der Waals surface area contributed by atoms with Gasteiger partial charge in [-0.15, -0.1) is 0 Å². The van der Waals surface area contributed by atoms with Gasteiger partial charge in [-0.3, -0.25) is 4.79 Å². The summed E-state index contributed by atoms with van der Waals surface area (Å²) in [5, 5.41) is 4.22. The molecule has 0 N–H and O–H groups in total. The largest absolute Gasteiger partial charge is 0.339 e. The highest BCUT2D eigenvalue weighted by atomic mass is 16.5. The predicted octanol–water partition coefficient (Wildman–Crippen LogP) is 8.21. The van der Waals surface area contributed by atoms with Crippen LogP contribution in [0.3, 0.4) is 0 Å². The summed E-state index contributed by atoms with van der Waals surface area (Å²) in [5.41, 5.74) is 5.24. The summed E-state index contributed by atoms with van der Waals surface area (Å²) in [5.74, 6) is 2.02. The summed E-state index contributed by atoms with van der Waals surface area (Å²) < 4.78 is 5.53. The van der Waals surface area contributed by atoms with E-state index in [1.54, 1.807) is 0 Å². The first-order valence-corrected chi connectivity index (χ1v) is 16.6. The first-order chi connectivity index (χ1) is 21.5. The molecule has 4 aromatic rings. The number of hydrogen-bond donors (Lipinski definition) is 0. The first kappa shape index (κ1) is 31.6. The molecule has 6 heteroatoms. The Morgan fingerprint density at radius 2 is 1.61 bits per heavy atom. The number of aryl methyl sites for hydroxylation is 1. The fourth-order valence-corrected chi connectivity index (χ4v) is 5.99. The molecule has 0 radical (unpaired) electrons. The van der Waals surface area contributed by atoms with Crippen molar-refractivity contribution < 1.29 is 9.32 Å². The number of nitrogens with zero attached hydrogens (tertiary/aromatic N) is 4. The molecule has 0 spiro atoms. The molecule has 1 aliphatic heterocycles. The van der Waals surface area contributed by atoms with Crippen LogP contribution >= 0.6 is 0 Å². The first-order valence-electron chi connectivity index (χ1n) is 16.6. The molecule has 0 saturated carbocycles. The van der Waals surface area contributed by atoms with Crippen molar-refractivity contribution >= 4 is 5.91 Å². The molecular formula is C38H48N4O2. The number of aromatic nitrogens is 2. The van der Waals surface area contributed by atoms with Crippen LogP contribution < -0.4 is 0 Å². The van der Waals surface area contributed by atoms with Crippen LogP contribution in [0.4, 0.5) is 0 Å². The molecule has 1 aromatic heterocycles. The second-order valence-electron chi connectivity index (χ2n) is 12.7. The Morgan fingerprint density at radius 3 is 2.30 bits per heavy atom. The molecule has 232 valence electrons. The smallest absolute Gasteiger partial charge is 0.254 e. The highest BCUT2D eigenvalue weighted by Gasteiger charge is 2.29. The van der Waals surface area contributed by atoms with Gasteiger partial charge in [0.25, 0.3) is 5.91 Å². The molecule has 0 unspecified atom stereocenters. The summed E-state index contributed by atoms with van der Waals surface area (Å²) in [6, 6.07) is 27.0. The highest BCUT2D eigenvalue weighted by Crippen LogP contribution is 2.24. The van der Waals surface area contributed by atoms with E-state index in [1.807, 2.05) is 42.5 Å². The van der Waals surface area contributed by atoms with E-state index in [4.69, 9.17) is 4.52 Å². The SMILES string of the molecule is CCCCCc1ccc(C(=O)N(Cc2ccc(-c3noc(Cc4ccccc4)n3)cc2)C2CCN(CCC(C)C)CC2)cc1. The average molecular weight is 593 g/mol. The van der Waals surface area contributed by atoms with Gasteiger partial charge in [-0.05, 0) is 73.4 Å². The number of amides is 1. The molecule has 0 aliphatic carbocycles. The van der Waals surface area contributed by atoms with Gasteiger partial charge in [0, 0.05) is 36.8 Å². The minimum atomic E-state index is 0.124. The number of carbonyl (C=O) groups is 1. The van der Waals surface area contributed by atoms with Gasteiger partial charge >= 0.3 is 0 Å². The Bertz CT molecular complexity index is 1420. The van der Waals surface area contributed by atoms with Crippen molar-refractivity contribution in [2.24, 2.45) is 5.92 Å². The normalized spacial score (nSPS) is 14.3. The van der Waals surface area contributed by atoms with Gasteiger partial charge in [0.15, 0.2) is 0 Å². The van der Waals surface area contributed by atoms with Crippen molar-refractivity contribution in [2.45, 2.75) is 84.7 Å². The lowest BCUT2D eigenvalue weighted by molar-refractivity contribution is 0.0546. The van der Waals surface area contributed by atoms with Gasteiger partial charge in [-0.2, -0.15) is 4.98 Å². The molecule has 5 rings (SSSR count). The Hall–Kier alpha value is -3.77. The number of likely N-dealkylation sites (tertiary alicyclic amines) is 1. The molecule has 1 saturated heterocycles. The number of unbranched alkanes of at least 4 members (excludes halogenated alkanes) is 2. The predicted molar refractivity (Wildman–Crippen MR) is 177 cm³/mol. The van der Waals surface area contributed by atoms with E-state index < -0.39 is 0 Å². The Morgan fingerprint density at radius 1 is 0.909 bits per heavy atom. The summed E-state index contributed by atoms with van der Waals surface area (Å²) in [7, 11) is 0. The van der Waals surface area contributed by atoms with Crippen molar-refractivity contribution in [1.82, 2.24) is 19.9 Å². The molecule has 0 atom stereocenters. The third-order valence-corrected chi connectivity index (χ3v) is 8.78. The van der Waals surface area contributed by atoms with E-state index >= 15 is 0 Å². The van der Waals surface area contributed by atoms with Crippen LogP contribution in [0.25, 0.3) is 11.4 Å². The molecule has 3 aromatic carbocycles. The third-order valence-electron chi connectivity index (χ3n) is 8.78. The number of piperidine rings is 1. The fourth-order valence-electron chi connectivity index (χ4n) is 5.99. The van der Waals surface area contributed by atoms with E-state index in [-0.39, 0.29) is 11.9 Å². The van der Waals surface area contributed by atoms with Crippen LogP contribution in [0, 0.1) is 5.92 Å². The Labute approximate surface area is 263 Å². The zero-order valence-electron chi connectivity index (χ0n) is 26.8. The van der Waals surface area contributed by atoms with Crippen LogP contribution in [0.1, 0.15) is 92.2 Å². The van der Waals surface area contributed by atoms with Crippen LogP contribution in [0.2, 0.25) is 0 Å². The average Bonchev–Trinajstić information content (AvgIpc) is 3.52.